The van der Waals surface area contributed by atoms with E-state index >= 15 is 0 Å². The van der Waals surface area contributed by atoms with Crippen molar-refractivity contribution >= 4 is 28.3 Å². The van der Waals surface area contributed by atoms with E-state index in [0.29, 0.717) is 22.2 Å². The number of methoxy groups -OCH3 is 2. The van der Waals surface area contributed by atoms with Gasteiger partial charge in [0.25, 0.3) is 0 Å². The number of benzene rings is 2. The van der Waals surface area contributed by atoms with Crippen LogP contribution in [0.1, 0.15) is 45.4 Å². The molecule has 0 spiro atoms. The van der Waals surface area contributed by atoms with Crippen LogP contribution in [0.5, 0.6) is 23.0 Å². The largest absolute Gasteiger partial charge is 0.504 e. The van der Waals surface area contributed by atoms with Crippen molar-refractivity contribution in [1.29, 1.82) is 0 Å². The smallest absolute Gasteiger partial charge is 0.311 e. The van der Waals surface area contributed by atoms with Crippen molar-refractivity contribution in [3.8, 4) is 23.0 Å². The number of hydrogen-bond acceptors (Lipinski definition) is 5. The lowest BCUT2D eigenvalue weighted by Gasteiger charge is -2.17. The zero-order valence-corrected chi connectivity index (χ0v) is 16.2. The van der Waals surface area contributed by atoms with Gasteiger partial charge < -0.3 is 19.3 Å². The first-order chi connectivity index (χ1) is 12.5. The van der Waals surface area contributed by atoms with Crippen LogP contribution in [-0.2, 0) is 4.79 Å². The third-order valence-electron chi connectivity index (χ3n) is 4.22. The van der Waals surface area contributed by atoms with Crippen LogP contribution >= 0.6 is 11.6 Å². The summed E-state index contributed by atoms with van der Waals surface area (Å²) < 4.78 is 16.2. The highest BCUT2D eigenvalue weighted by Gasteiger charge is 2.24. The molecular weight excluding hydrogens is 356 g/mol. The second-order valence-electron chi connectivity index (χ2n) is 6.07. The predicted molar refractivity (Wildman–Crippen MR) is 103 cm³/mol. The molecule has 0 aromatic heterocycles. The van der Waals surface area contributed by atoms with Crippen LogP contribution in [0.2, 0.25) is 5.02 Å². The fourth-order valence-corrected chi connectivity index (χ4v) is 3.05. The number of unbranched alkanes of at least 4 members (excludes halogenated alkanes) is 4. The third kappa shape index (κ3) is 4.52. The fourth-order valence-electron chi connectivity index (χ4n) is 2.88. The number of aromatic hydroxyl groups is 1. The Morgan fingerprint density at radius 2 is 1.69 bits per heavy atom. The lowest BCUT2D eigenvalue weighted by molar-refractivity contribution is -0.134. The molecule has 6 heteroatoms. The van der Waals surface area contributed by atoms with Crippen LogP contribution in [0.4, 0.5) is 0 Å². The molecule has 1 N–H and O–H groups in total. The average Bonchev–Trinajstić information content (AvgIpc) is 2.63. The number of carbonyl (C=O) groups is 1. The molecule has 0 unspecified atom stereocenters. The van der Waals surface area contributed by atoms with Gasteiger partial charge in [-0.25, -0.2) is 0 Å². The summed E-state index contributed by atoms with van der Waals surface area (Å²) in [6, 6.07) is 4.92. The maximum absolute atomic E-state index is 12.3. The maximum atomic E-state index is 12.3. The van der Waals surface area contributed by atoms with Crippen molar-refractivity contribution < 1.29 is 24.1 Å². The number of carbonyl (C=O) groups excluding carboxylic acids is 1. The Kier molecular flexibility index (Phi) is 7.39. The Morgan fingerprint density at radius 3 is 2.35 bits per heavy atom. The van der Waals surface area contributed by atoms with Crippen LogP contribution in [0.25, 0.3) is 10.8 Å². The summed E-state index contributed by atoms with van der Waals surface area (Å²) in [5, 5.41) is 11.9. The molecule has 2 rings (SSSR count). The number of fused-ring (bicyclic) bond motifs is 1. The van der Waals surface area contributed by atoms with E-state index in [1.165, 1.54) is 20.6 Å². The van der Waals surface area contributed by atoms with Gasteiger partial charge in [-0.2, -0.15) is 0 Å². The molecule has 0 amide bonds. The van der Waals surface area contributed by atoms with Crippen molar-refractivity contribution in [2.24, 2.45) is 0 Å². The molecule has 0 aliphatic rings. The van der Waals surface area contributed by atoms with Crippen LogP contribution < -0.4 is 14.2 Å². The van der Waals surface area contributed by atoms with Gasteiger partial charge in [-0.1, -0.05) is 44.2 Å². The van der Waals surface area contributed by atoms with E-state index in [2.05, 4.69) is 6.92 Å². The van der Waals surface area contributed by atoms with Gasteiger partial charge in [0, 0.05) is 22.2 Å². The van der Waals surface area contributed by atoms with E-state index in [0.717, 1.165) is 25.7 Å². The molecule has 0 bridgehead atoms. The summed E-state index contributed by atoms with van der Waals surface area (Å²) in [6.45, 7) is 2.15. The Morgan fingerprint density at radius 1 is 1.00 bits per heavy atom. The summed E-state index contributed by atoms with van der Waals surface area (Å²) >= 11 is 6.09. The molecular formula is C20H25ClO5. The molecule has 142 valence electrons. The highest BCUT2D eigenvalue weighted by atomic mass is 35.5. The number of halogens is 1. The van der Waals surface area contributed by atoms with E-state index in [9.17, 15) is 9.90 Å². The molecule has 5 nitrogen and oxygen atoms in total. The number of phenolic OH excluding ortho intramolecular Hbond substituents is 1. The average molecular weight is 381 g/mol. The van der Waals surface area contributed by atoms with Gasteiger partial charge in [-0.3, -0.25) is 4.79 Å². The van der Waals surface area contributed by atoms with Gasteiger partial charge in [-0.05, 0) is 24.6 Å². The maximum Gasteiger partial charge on any atom is 0.311 e. The minimum Gasteiger partial charge on any atom is -0.504 e. The number of hydrogen-bond donors (Lipinski definition) is 1. The van der Waals surface area contributed by atoms with Crippen LogP contribution in [0.3, 0.4) is 0 Å². The summed E-state index contributed by atoms with van der Waals surface area (Å²) in [4.78, 5) is 12.3. The number of esters is 1. The van der Waals surface area contributed by atoms with Gasteiger partial charge >= 0.3 is 5.97 Å². The van der Waals surface area contributed by atoms with Crippen molar-refractivity contribution in [2.75, 3.05) is 14.2 Å². The molecule has 0 saturated carbocycles. The van der Waals surface area contributed by atoms with Crippen LogP contribution in [0.15, 0.2) is 18.2 Å². The second-order valence-corrected chi connectivity index (χ2v) is 6.51. The van der Waals surface area contributed by atoms with Gasteiger partial charge in [0.05, 0.1) is 14.2 Å². The Labute approximate surface area is 158 Å². The molecule has 0 heterocycles. The first-order valence-corrected chi connectivity index (χ1v) is 9.18. The molecule has 0 saturated heterocycles. The molecule has 0 fully saturated rings. The summed E-state index contributed by atoms with van der Waals surface area (Å²) in [6.07, 6.45) is 5.51. The predicted octanol–water partition coefficient (Wildman–Crippen LogP) is 5.48. The number of rotatable bonds is 9. The zero-order chi connectivity index (χ0) is 19.1. The number of ether oxygens (including phenoxy) is 3. The second kappa shape index (κ2) is 9.53. The topological polar surface area (TPSA) is 65.0 Å². The molecule has 0 aliphatic carbocycles. The molecule has 0 radical (unpaired) electrons. The van der Waals surface area contributed by atoms with Crippen LogP contribution in [0, 0.1) is 0 Å². The van der Waals surface area contributed by atoms with Crippen molar-refractivity contribution in [3.05, 3.63) is 23.2 Å². The Bertz CT molecular complexity index is 773. The summed E-state index contributed by atoms with van der Waals surface area (Å²) in [5.41, 5.74) is 0. The fraction of sp³-hybridized carbons (Fsp3) is 0.450. The van der Waals surface area contributed by atoms with E-state index in [4.69, 9.17) is 25.8 Å². The molecule has 2 aromatic rings. The summed E-state index contributed by atoms with van der Waals surface area (Å²) in [7, 11) is 2.84. The van der Waals surface area contributed by atoms with Crippen molar-refractivity contribution in [2.45, 2.75) is 45.4 Å². The van der Waals surface area contributed by atoms with Gasteiger partial charge in [-0.15, -0.1) is 0 Å². The van der Waals surface area contributed by atoms with Gasteiger partial charge in [0.1, 0.15) is 0 Å². The Balaban J connectivity index is 2.33. The molecule has 0 aliphatic heterocycles. The van der Waals surface area contributed by atoms with Gasteiger partial charge in [0.2, 0.25) is 11.5 Å². The van der Waals surface area contributed by atoms with E-state index < -0.39 is 0 Å². The standard InChI is InChI=1S/C20H25ClO5/c1-4-5-6-7-8-9-16(22)26-18-15-12-13(21)10-11-14(15)17(23)19(24-2)20(18)25-3/h10-12,23H,4-9H2,1-3H3. The molecule has 2 aromatic carbocycles. The van der Waals surface area contributed by atoms with E-state index in [1.54, 1.807) is 18.2 Å². The SMILES string of the molecule is CCCCCCCC(=O)Oc1c(OC)c(OC)c(O)c2ccc(Cl)cc12. The minimum absolute atomic E-state index is 0.0876. The van der Waals surface area contributed by atoms with E-state index in [1.807, 2.05) is 0 Å². The lowest BCUT2D eigenvalue weighted by atomic mass is 10.1. The first-order valence-electron chi connectivity index (χ1n) is 8.80. The highest BCUT2D eigenvalue weighted by Crippen LogP contribution is 2.50. The zero-order valence-electron chi connectivity index (χ0n) is 15.4. The lowest BCUT2D eigenvalue weighted by Crippen LogP contribution is -2.09. The summed E-state index contributed by atoms with van der Waals surface area (Å²) in [5.74, 6) is 0.0505. The normalized spacial score (nSPS) is 10.8. The first kappa shape index (κ1) is 20.2. The van der Waals surface area contributed by atoms with Crippen molar-refractivity contribution in [3.63, 3.8) is 0 Å². The number of phenols is 1. The third-order valence-corrected chi connectivity index (χ3v) is 4.45. The molecule has 26 heavy (non-hydrogen) atoms. The Hall–Kier alpha value is -2.14. The minimum atomic E-state index is -0.353. The highest BCUT2D eigenvalue weighted by molar-refractivity contribution is 6.31. The quantitative estimate of drug-likeness (QED) is 0.354. The monoisotopic (exact) mass is 380 g/mol. The van der Waals surface area contributed by atoms with Crippen molar-refractivity contribution in [1.82, 2.24) is 0 Å². The van der Waals surface area contributed by atoms with Gasteiger partial charge in [0.15, 0.2) is 11.5 Å². The van der Waals surface area contributed by atoms with E-state index in [-0.39, 0.29) is 29.0 Å². The molecule has 0 atom stereocenters. The van der Waals surface area contributed by atoms with Crippen LogP contribution in [-0.4, -0.2) is 25.3 Å².